The SMILES string of the molecule is C=S(=O)(c1ccc(C(F)(F)F)cc1)N1CCC(NC(N)=NC)CC1. The molecule has 0 amide bonds. The molecular weight excluding hydrogens is 341 g/mol. The van der Waals surface area contributed by atoms with Crippen molar-refractivity contribution in [2.24, 2.45) is 10.7 Å². The molecule has 2 rings (SSSR count). The van der Waals surface area contributed by atoms with Gasteiger partial charge >= 0.3 is 6.18 Å². The number of nitrogens with zero attached hydrogens (tertiary/aromatic N) is 2. The fourth-order valence-corrected chi connectivity index (χ4v) is 4.23. The lowest BCUT2D eigenvalue weighted by molar-refractivity contribution is -0.137. The predicted molar refractivity (Wildman–Crippen MR) is 90.3 cm³/mol. The minimum atomic E-state index is -4.41. The Hall–Kier alpha value is -1.74. The molecule has 0 saturated carbocycles. The van der Waals surface area contributed by atoms with Crippen LogP contribution in [-0.4, -0.2) is 46.5 Å². The average molecular weight is 362 g/mol. The van der Waals surface area contributed by atoms with Crippen molar-refractivity contribution in [3.63, 3.8) is 0 Å². The zero-order valence-corrected chi connectivity index (χ0v) is 14.2. The van der Waals surface area contributed by atoms with Crippen LogP contribution in [0.1, 0.15) is 18.4 Å². The molecule has 1 aromatic carbocycles. The Kier molecular flexibility index (Phi) is 5.44. The lowest BCUT2D eigenvalue weighted by Gasteiger charge is -2.34. The van der Waals surface area contributed by atoms with E-state index in [-0.39, 0.29) is 6.04 Å². The molecule has 1 aromatic rings. The van der Waals surface area contributed by atoms with Gasteiger partial charge in [-0.1, -0.05) is 0 Å². The third-order valence-corrected chi connectivity index (χ3v) is 6.22. The van der Waals surface area contributed by atoms with Crippen LogP contribution in [0.15, 0.2) is 34.2 Å². The van der Waals surface area contributed by atoms with E-state index in [0.717, 1.165) is 12.1 Å². The number of guanidine groups is 1. The highest BCUT2D eigenvalue weighted by Gasteiger charge is 2.31. The summed E-state index contributed by atoms with van der Waals surface area (Å²) in [6.45, 7) is 1.02. The molecule has 1 heterocycles. The number of hydrogen-bond donors (Lipinski definition) is 2. The van der Waals surface area contributed by atoms with Crippen molar-refractivity contribution in [3.8, 4) is 0 Å². The van der Waals surface area contributed by atoms with E-state index >= 15 is 0 Å². The fourth-order valence-electron chi connectivity index (χ4n) is 2.57. The molecule has 24 heavy (non-hydrogen) atoms. The minimum absolute atomic E-state index is 0.132. The van der Waals surface area contributed by atoms with Crippen molar-refractivity contribution in [2.45, 2.75) is 30.0 Å². The summed E-state index contributed by atoms with van der Waals surface area (Å²) in [4.78, 5) is 4.14. The van der Waals surface area contributed by atoms with Crippen LogP contribution in [0.3, 0.4) is 0 Å². The van der Waals surface area contributed by atoms with Gasteiger partial charge in [-0.15, -0.1) is 0 Å². The molecule has 9 heteroatoms. The Morgan fingerprint density at radius 3 is 2.33 bits per heavy atom. The van der Waals surface area contributed by atoms with Crippen molar-refractivity contribution < 1.29 is 17.4 Å². The second-order valence-electron chi connectivity index (χ2n) is 5.62. The van der Waals surface area contributed by atoms with Crippen molar-refractivity contribution in [3.05, 3.63) is 29.8 Å². The first-order chi connectivity index (χ1) is 11.1. The number of halogens is 3. The van der Waals surface area contributed by atoms with Gasteiger partial charge in [0.2, 0.25) is 0 Å². The van der Waals surface area contributed by atoms with E-state index in [0.29, 0.717) is 36.8 Å². The van der Waals surface area contributed by atoms with Crippen molar-refractivity contribution >= 4 is 21.5 Å². The lowest BCUT2D eigenvalue weighted by Crippen LogP contribution is -2.48. The summed E-state index contributed by atoms with van der Waals surface area (Å²) in [5, 5.41) is 3.07. The third-order valence-electron chi connectivity index (χ3n) is 4.01. The van der Waals surface area contributed by atoms with Crippen LogP contribution in [-0.2, 0) is 15.9 Å². The molecule has 0 spiro atoms. The Morgan fingerprint density at radius 2 is 1.88 bits per heavy atom. The number of nitrogens with one attached hydrogen (secondary N) is 1. The monoisotopic (exact) mass is 362 g/mol. The minimum Gasteiger partial charge on any atom is -0.370 e. The molecule has 5 nitrogen and oxygen atoms in total. The number of benzene rings is 1. The lowest BCUT2D eigenvalue weighted by atomic mass is 10.1. The molecule has 134 valence electrons. The number of nitrogens with two attached hydrogens (primary N) is 1. The molecule has 0 bridgehead atoms. The standard InChI is InChI=1S/C15H21F3N4OS/c1-20-14(19)21-12-7-9-22(10-8-12)24(2,23)13-5-3-11(4-6-13)15(16,17)18/h3-6,12H,2,7-10H2,1H3,(H3,19,20,21). The Labute approximate surface area is 139 Å². The molecule has 0 aromatic heterocycles. The molecule has 3 N–H and O–H groups in total. The number of rotatable bonds is 3. The van der Waals surface area contributed by atoms with Crippen LogP contribution in [0.5, 0.6) is 0 Å². The Bertz CT molecular complexity index is 690. The van der Waals surface area contributed by atoms with Gasteiger partial charge in [0.1, 0.15) is 0 Å². The van der Waals surface area contributed by atoms with Crippen LogP contribution in [0.2, 0.25) is 0 Å². The first kappa shape index (κ1) is 18.6. The first-order valence-corrected chi connectivity index (χ1v) is 9.11. The summed E-state index contributed by atoms with van der Waals surface area (Å²) in [7, 11) is -1.22. The van der Waals surface area contributed by atoms with Crippen LogP contribution >= 0.6 is 0 Å². The number of hydrogen-bond acceptors (Lipinski definition) is 2. The summed E-state index contributed by atoms with van der Waals surface area (Å²) in [5.74, 6) is 4.11. The smallest absolute Gasteiger partial charge is 0.370 e. The summed E-state index contributed by atoms with van der Waals surface area (Å²) in [6, 6.07) is 4.49. The van der Waals surface area contributed by atoms with Gasteiger partial charge in [0, 0.05) is 31.1 Å². The largest absolute Gasteiger partial charge is 0.416 e. The molecule has 1 aliphatic heterocycles. The van der Waals surface area contributed by atoms with Gasteiger partial charge in [-0.05, 0) is 43.0 Å². The number of aliphatic imine (C=N–C) groups is 1. The van der Waals surface area contributed by atoms with Gasteiger partial charge in [-0.2, -0.15) is 13.2 Å². The van der Waals surface area contributed by atoms with E-state index in [9.17, 15) is 17.4 Å². The van der Waals surface area contributed by atoms with Crippen molar-refractivity contribution in [1.82, 2.24) is 9.62 Å². The average Bonchev–Trinajstić information content (AvgIpc) is 2.54. The van der Waals surface area contributed by atoms with Gasteiger partial charge < -0.3 is 11.1 Å². The van der Waals surface area contributed by atoms with E-state index in [1.54, 1.807) is 11.4 Å². The maximum Gasteiger partial charge on any atom is 0.416 e. The molecule has 1 atom stereocenters. The molecular formula is C15H21F3N4OS. The van der Waals surface area contributed by atoms with E-state index in [1.165, 1.54) is 12.1 Å². The zero-order valence-electron chi connectivity index (χ0n) is 13.3. The summed E-state index contributed by atoms with van der Waals surface area (Å²) in [6.07, 6.45) is -3.02. The predicted octanol–water partition coefficient (Wildman–Crippen LogP) is 1.69. The van der Waals surface area contributed by atoms with E-state index < -0.39 is 21.4 Å². The maximum atomic E-state index is 13.0. The molecule has 0 radical (unpaired) electrons. The van der Waals surface area contributed by atoms with E-state index in [1.807, 2.05) is 0 Å². The third kappa shape index (κ3) is 4.21. The van der Waals surface area contributed by atoms with Crippen molar-refractivity contribution in [2.75, 3.05) is 20.1 Å². The van der Waals surface area contributed by atoms with Gasteiger partial charge in [0.05, 0.1) is 15.3 Å². The van der Waals surface area contributed by atoms with Gasteiger partial charge in [-0.3, -0.25) is 4.99 Å². The molecule has 1 aliphatic rings. The van der Waals surface area contributed by atoms with Gasteiger partial charge in [-0.25, -0.2) is 8.51 Å². The molecule has 1 fully saturated rings. The molecule has 1 saturated heterocycles. The quantitative estimate of drug-likeness (QED) is 0.488. The fraction of sp³-hybridized carbons (Fsp3) is 0.467. The van der Waals surface area contributed by atoms with Gasteiger partial charge in [0.15, 0.2) is 5.96 Å². The van der Waals surface area contributed by atoms with Crippen LogP contribution in [0, 0.1) is 0 Å². The molecule has 0 aliphatic carbocycles. The van der Waals surface area contributed by atoms with Crippen LogP contribution in [0.25, 0.3) is 0 Å². The number of piperidine rings is 1. The maximum absolute atomic E-state index is 13.0. The van der Waals surface area contributed by atoms with E-state index in [4.69, 9.17) is 5.73 Å². The van der Waals surface area contributed by atoms with Gasteiger partial charge in [0.25, 0.3) is 0 Å². The highest BCUT2D eigenvalue weighted by Crippen LogP contribution is 2.30. The Balaban J connectivity index is 2.06. The first-order valence-electron chi connectivity index (χ1n) is 7.43. The summed E-state index contributed by atoms with van der Waals surface area (Å²) < 4.78 is 52.5. The highest BCUT2D eigenvalue weighted by atomic mass is 32.2. The summed E-state index contributed by atoms with van der Waals surface area (Å²) in [5.41, 5.74) is 4.86. The van der Waals surface area contributed by atoms with E-state index in [2.05, 4.69) is 16.2 Å². The zero-order chi connectivity index (χ0) is 18.0. The van der Waals surface area contributed by atoms with Crippen LogP contribution in [0.4, 0.5) is 13.2 Å². The highest BCUT2D eigenvalue weighted by molar-refractivity contribution is 7.98. The normalized spacial score (nSPS) is 20.6. The molecule has 1 unspecified atom stereocenters. The second-order valence-corrected chi connectivity index (χ2v) is 7.89. The van der Waals surface area contributed by atoms with Crippen molar-refractivity contribution in [1.29, 1.82) is 0 Å². The topological polar surface area (TPSA) is 70.7 Å². The second kappa shape index (κ2) is 7.02. The Morgan fingerprint density at radius 1 is 1.33 bits per heavy atom. The van der Waals surface area contributed by atoms with Crippen LogP contribution < -0.4 is 11.1 Å². The number of alkyl halides is 3. The summed E-state index contributed by atoms with van der Waals surface area (Å²) >= 11 is 0.